The summed E-state index contributed by atoms with van der Waals surface area (Å²) in [6.45, 7) is 4.22. The van der Waals surface area contributed by atoms with Crippen LogP contribution >= 0.6 is 0 Å². The molecule has 1 saturated heterocycles. The fraction of sp³-hybridized carbons (Fsp3) is 0.778. The first-order valence-electron chi connectivity index (χ1n) is 5.01. The molecule has 1 aromatic rings. The van der Waals surface area contributed by atoms with Gasteiger partial charge in [0.05, 0.1) is 12.2 Å². The van der Waals surface area contributed by atoms with Crippen molar-refractivity contribution in [2.24, 2.45) is 0 Å². The Morgan fingerprint density at radius 1 is 1.69 bits per heavy atom. The maximum absolute atomic E-state index is 4.08. The minimum atomic E-state index is 0.603. The second-order valence-electron chi connectivity index (χ2n) is 3.58. The molecule has 0 bridgehead atoms. The summed E-state index contributed by atoms with van der Waals surface area (Å²) in [5.41, 5.74) is 1.08. The van der Waals surface area contributed by atoms with E-state index in [-0.39, 0.29) is 0 Å². The van der Waals surface area contributed by atoms with E-state index in [1.54, 1.807) is 0 Å². The fourth-order valence-corrected chi connectivity index (χ4v) is 1.73. The van der Waals surface area contributed by atoms with E-state index < -0.39 is 0 Å². The lowest BCUT2D eigenvalue weighted by Crippen LogP contribution is -2.26. The van der Waals surface area contributed by atoms with Crippen molar-refractivity contribution in [3.63, 3.8) is 0 Å². The number of nitrogens with zero attached hydrogens (tertiary/aromatic N) is 3. The third kappa shape index (κ3) is 2.06. The summed E-state index contributed by atoms with van der Waals surface area (Å²) < 4.78 is 1.95. The van der Waals surface area contributed by atoms with Gasteiger partial charge in [0.2, 0.25) is 0 Å². The predicted octanol–water partition coefficient (Wildman–Crippen LogP) is 0.592. The van der Waals surface area contributed by atoms with Crippen molar-refractivity contribution in [2.75, 3.05) is 6.54 Å². The van der Waals surface area contributed by atoms with E-state index in [9.17, 15) is 0 Å². The summed E-state index contributed by atoms with van der Waals surface area (Å²) in [5.74, 6) is 0. The maximum Gasteiger partial charge on any atom is 0.0824 e. The molecule has 2 rings (SSSR count). The number of hydrogen-bond acceptors (Lipinski definition) is 3. The van der Waals surface area contributed by atoms with Crippen LogP contribution in [0, 0.1) is 0 Å². The first-order chi connectivity index (χ1) is 6.38. The van der Waals surface area contributed by atoms with Crippen molar-refractivity contribution in [1.82, 2.24) is 20.3 Å². The van der Waals surface area contributed by atoms with Crippen LogP contribution < -0.4 is 5.32 Å². The largest absolute Gasteiger partial charge is 0.312 e. The van der Waals surface area contributed by atoms with Gasteiger partial charge in [-0.1, -0.05) is 12.1 Å². The second kappa shape index (κ2) is 3.87. The van der Waals surface area contributed by atoms with Crippen LogP contribution in [0.15, 0.2) is 6.20 Å². The van der Waals surface area contributed by atoms with Crippen LogP contribution in [0.3, 0.4) is 0 Å². The highest BCUT2D eigenvalue weighted by molar-refractivity contribution is 4.91. The first-order valence-corrected chi connectivity index (χ1v) is 5.01. The van der Waals surface area contributed by atoms with Crippen LogP contribution in [0.2, 0.25) is 0 Å². The molecule has 72 valence electrons. The van der Waals surface area contributed by atoms with Crippen LogP contribution in [-0.4, -0.2) is 27.6 Å². The molecule has 13 heavy (non-hydrogen) atoms. The van der Waals surface area contributed by atoms with Crippen molar-refractivity contribution in [2.45, 2.75) is 38.8 Å². The second-order valence-corrected chi connectivity index (χ2v) is 3.58. The summed E-state index contributed by atoms with van der Waals surface area (Å²) in [7, 11) is 0. The van der Waals surface area contributed by atoms with Crippen molar-refractivity contribution in [1.29, 1.82) is 0 Å². The molecule has 0 radical (unpaired) electrons. The Balaban J connectivity index is 1.92. The van der Waals surface area contributed by atoms with Gasteiger partial charge in [-0.15, -0.1) is 5.10 Å². The van der Waals surface area contributed by atoms with Crippen molar-refractivity contribution < 1.29 is 0 Å². The highest BCUT2D eigenvalue weighted by Crippen LogP contribution is 2.07. The predicted molar refractivity (Wildman–Crippen MR) is 50.4 cm³/mol. The van der Waals surface area contributed by atoms with Gasteiger partial charge in [0, 0.05) is 12.2 Å². The standard InChI is InChI=1S/C9H16N4/c1-2-8-6-13(12-11-8)7-9-4-3-5-10-9/h6,9-10H,2-5,7H2,1H3. The van der Waals surface area contributed by atoms with Crippen LogP contribution in [0.5, 0.6) is 0 Å². The number of nitrogens with one attached hydrogen (secondary N) is 1. The SMILES string of the molecule is CCc1cn(CC2CCCN2)nn1. The lowest BCUT2D eigenvalue weighted by atomic mass is 10.2. The molecular formula is C9H16N4. The number of hydrogen-bond donors (Lipinski definition) is 1. The molecule has 1 N–H and O–H groups in total. The molecule has 1 aliphatic heterocycles. The van der Waals surface area contributed by atoms with E-state index in [0.29, 0.717) is 6.04 Å². The zero-order valence-electron chi connectivity index (χ0n) is 8.03. The summed E-state index contributed by atoms with van der Waals surface area (Å²) in [4.78, 5) is 0. The number of aryl methyl sites for hydroxylation is 1. The van der Waals surface area contributed by atoms with E-state index in [4.69, 9.17) is 0 Å². The summed E-state index contributed by atoms with van der Waals surface area (Å²) in [6, 6.07) is 0.603. The van der Waals surface area contributed by atoms with Gasteiger partial charge in [-0.05, 0) is 25.8 Å². The monoisotopic (exact) mass is 180 g/mol. The Bertz CT molecular complexity index is 262. The third-order valence-electron chi connectivity index (χ3n) is 2.52. The van der Waals surface area contributed by atoms with Crippen LogP contribution in [-0.2, 0) is 13.0 Å². The average molecular weight is 180 g/mol. The summed E-state index contributed by atoms with van der Waals surface area (Å²) >= 11 is 0. The Hall–Kier alpha value is -0.900. The van der Waals surface area contributed by atoms with E-state index in [0.717, 1.165) is 25.2 Å². The fourth-order valence-electron chi connectivity index (χ4n) is 1.73. The molecular weight excluding hydrogens is 164 g/mol. The van der Waals surface area contributed by atoms with E-state index in [2.05, 4.69) is 22.6 Å². The Morgan fingerprint density at radius 3 is 3.23 bits per heavy atom. The average Bonchev–Trinajstić information content (AvgIpc) is 2.76. The van der Waals surface area contributed by atoms with Crippen molar-refractivity contribution in [3.05, 3.63) is 11.9 Å². The molecule has 1 fully saturated rings. The third-order valence-corrected chi connectivity index (χ3v) is 2.52. The first kappa shape index (κ1) is 8.69. The molecule has 1 aromatic heterocycles. The van der Waals surface area contributed by atoms with Crippen LogP contribution in [0.1, 0.15) is 25.5 Å². The van der Waals surface area contributed by atoms with Crippen LogP contribution in [0.25, 0.3) is 0 Å². The smallest absolute Gasteiger partial charge is 0.0824 e. The number of rotatable bonds is 3. The van der Waals surface area contributed by atoms with Gasteiger partial charge in [0.25, 0.3) is 0 Å². The highest BCUT2D eigenvalue weighted by atomic mass is 15.4. The molecule has 0 amide bonds. The van der Waals surface area contributed by atoms with Gasteiger partial charge in [-0.2, -0.15) is 0 Å². The number of aromatic nitrogens is 3. The maximum atomic E-state index is 4.08. The Morgan fingerprint density at radius 2 is 2.62 bits per heavy atom. The molecule has 1 atom stereocenters. The van der Waals surface area contributed by atoms with Crippen LogP contribution in [0.4, 0.5) is 0 Å². The molecule has 4 nitrogen and oxygen atoms in total. The van der Waals surface area contributed by atoms with Gasteiger partial charge in [-0.25, -0.2) is 0 Å². The van der Waals surface area contributed by atoms with Gasteiger partial charge < -0.3 is 5.32 Å². The Kier molecular flexibility index (Phi) is 2.59. The van der Waals surface area contributed by atoms with E-state index >= 15 is 0 Å². The molecule has 0 aromatic carbocycles. The van der Waals surface area contributed by atoms with E-state index in [1.165, 1.54) is 12.8 Å². The molecule has 2 heterocycles. The van der Waals surface area contributed by atoms with Crippen molar-refractivity contribution >= 4 is 0 Å². The summed E-state index contributed by atoms with van der Waals surface area (Å²) in [6.07, 6.45) is 5.57. The molecule has 1 aliphatic rings. The highest BCUT2D eigenvalue weighted by Gasteiger charge is 2.14. The zero-order chi connectivity index (χ0) is 9.10. The Labute approximate surface area is 78.3 Å². The summed E-state index contributed by atoms with van der Waals surface area (Å²) in [5, 5.41) is 11.6. The lowest BCUT2D eigenvalue weighted by molar-refractivity contribution is 0.466. The molecule has 0 saturated carbocycles. The zero-order valence-corrected chi connectivity index (χ0v) is 8.03. The van der Waals surface area contributed by atoms with Gasteiger partial charge in [0.15, 0.2) is 0 Å². The van der Waals surface area contributed by atoms with E-state index in [1.807, 2.05) is 10.9 Å². The van der Waals surface area contributed by atoms with Gasteiger partial charge >= 0.3 is 0 Å². The van der Waals surface area contributed by atoms with Gasteiger partial charge in [0.1, 0.15) is 0 Å². The van der Waals surface area contributed by atoms with Gasteiger partial charge in [-0.3, -0.25) is 4.68 Å². The minimum absolute atomic E-state index is 0.603. The molecule has 0 spiro atoms. The quantitative estimate of drug-likeness (QED) is 0.740. The molecule has 1 unspecified atom stereocenters. The molecule has 4 heteroatoms. The minimum Gasteiger partial charge on any atom is -0.312 e. The molecule has 0 aliphatic carbocycles. The topological polar surface area (TPSA) is 42.7 Å². The lowest BCUT2D eigenvalue weighted by Gasteiger charge is -2.08. The normalized spacial score (nSPS) is 22.4. The van der Waals surface area contributed by atoms with Crippen molar-refractivity contribution in [3.8, 4) is 0 Å².